The molecule has 1 rings (SSSR count). The lowest BCUT2D eigenvalue weighted by Gasteiger charge is -2.18. The molecule has 0 radical (unpaired) electrons. The van der Waals surface area contributed by atoms with Crippen LogP contribution in [0.3, 0.4) is 0 Å². The number of rotatable bonds is 4. The molecule has 1 aromatic rings. The highest BCUT2D eigenvalue weighted by molar-refractivity contribution is 5.93. The molecule has 0 aliphatic heterocycles. The molecule has 0 unspecified atom stereocenters. The highest BCUT2D eigenvalue weighted by Gasteiger charge is 2.17. The van der Waals surface area contributed by atoms with Gasteiger partial charge in [-0.1, -0.05) is 20.8 Å². The summed E-state index contributed by atoms with van der Waals surface area (Å²) in [6.07, 6.45) is 0.715. The maximum Gasteiger partial charge on any atom is 0.338 e. The Balaban J connectivity index is 2.72. The second kappa shape index (κ2) is 6.51. The summed E-state index contributed by atoms with van der Waals surface area (Å²) >= 11 is 0. The van der Waals surface area contributed by atoms with Crippen molar-refractivity contribution in [2.24, 2.45) is 5.41 Å². The lowest BCUT2D eigenvalue weighted by Crippen LogP contribution is -2.31. The smallest absolute Gasteiger partial charge is 0.338 e. The first kappa shape index (κ1) is 16.9. The predicted molar refractivity (Wildman–Crippen MR) is 74.4 cm³/mol. The Labute approximate surface area is 121 Å². The van der Waals surface area contributed by atoms with Gasteiger partial charge in [0.05, 0.1) is 11.3 Å². The van der Waals surface area contributed by atoms with Gasteiger partial charge < -0.3 is 15.7 Å². The van der Waals surface area contributed by atoms with Crippen molar-refractivity contribution in [3.8, 4) is 0 Å². The first-order valence-electron chi connectivity index (χ1n) is 6.37. The Morgan fingerprint density at radius 2 is 1.81 bits per heavy atom. The lowest BCUT2D eigenvalue weighted by atomic mass is 9.92. The molecular formula is C14H18F2N2O3. The molecule has 0 aromatic heterocycles. The number of carbonyl (C=O) groups excluding carboxylic acids is 1. The van der Waals surface area contributed by atoms with Crippen LogP contribution in [0.25, 0.3) is 0 Å². The van der Waals surface area contributed by atoms with Crippen LogP contribution < -0.4 is 10.6 Å². The minimum absolute atomic E-state index is 0.0326. The van der Waals surface area contributed by atoms with Gasteiger partial charge in [-0.05, 0) is 17.9 Å². The fourth-order valence-electron chi connectivity index (χ4n) is 1.53. The second-order valence-electron chi connectivity index (χ2n) is 5.81. The van der Waals surface area contributed by atoms with Gasteiger partial charge in [-0.15, -0.1) is 0 Å². The van der Waals surface area contributed by atoms with Crippen LogP contribution in [0.1, 0.15) is 37.6 Å². The van der Waals surface area contributed by atoms with Crippen LogP contribution in [-0.2, 0) is 0 Å². The van der Waals surface area contributed by atoms with Gasteiger partial charge >= 0.3 is 12.0 Å². The average Bonchev–Trinajstić information content (AvgIpc) is 2.30. The van der Waals surface area contributed by atoms with Gasteiger partial charge in [0.2, 0.25) is 0 Å². The molecule has 0 saturated carbocycles. The predicted octanol–water partition coefficient (Wildman–Crippen LogP) is 3.22. The van der Waals surface area contributed by atoms with E-state index in [2.05, 4.69) is 10.6 Å². The van der Waals surface area contributed by atoms with E-state index in [0.717, 1.165) is 6.07 Å². The van der Waals surface area contributed by atoms with Crippen LogP contribution >= 0.6 is 0 Å². The average molecular weight is 300 g/mol. The third-order valence-electron chi connectivity index (χ3n) is 2.70. The van der Waals surface area contributed by atoms with E-state index in [1.54, 1.807) is 0 Å². The van der Waals surface area contributed by atoms with Crippen molar-refractivity contribution >= 4 is 17.7 Å². The number of benzene rings is 1. The summed E-state index contributed by atoms with van der Waals surface area (Å²) in [7, 11) is 0. The van der Waals surface area contributed by atoms with Gasteiger partial charge in [0.25, 0.3) is 0 Å². The van der Waals surface area contributed by atoms with Crippen LogP contribution in [0.5, 0.6) is 0 Å². The second-order valence-corrected chi connectivity index (χ2v) is 5.81. The molecule has 2 amide bonds. The molecule has 5 nitrogen and oxygen atoms in total. The van der Waals surface area contributed by atoms with Crippen molar-refractivity contribution in [2.75, 3.05) is 11.9 Å². The standard InChI is InChI=1S/C14H18F2N2O3/c1-14(2,3)4-5-17-13(21)18-11-6-8(12(19)20)9(15)7-10(11)16/h6-7H,4-5H2,1-3H3,(H,19,20)(H2,17,18,21). The van der Waals surface area contributed by atoms with E-state index >= 15 is 0 Å². The van der Waals surface area contributed by atoms with Gasteiger partial charge in [-0.25, -0.2) is 18.4 Å². The Morgan fingerprint density at radius 1 is 1.19 bits per heavy atom. The van der Waals surface area contributed by atoms with E-state index in [1.807, 2.05) is 20.8 Å². The first-order valence-corrected chi connectivity index (χ1v) is 6.37. The molecule has 0 spiro atoms. The molecule has 116 valence electrons. The summed E-state index contributed by atoms with van der Waals surface area (Å²) < 4.78 is 26.7. The van der Waals surface area contributed by atoms with E-state index in [9.17, 15) is 18.4 Å². The quantitative estimate of drug-likeness (QED) is 0.799. The van der Waals surface area contributed by atoms with E-state index in [0.29, 0.717) is 19.0 Å². The van der Waals surface area contributed by atoms with E-state index in [1.165, 1.54) is 0 Å². The summed E-state index contributed by atoms with van der Waals surface area (Å²) in [6.45, 7) is 6.39. The van der Waals surface area contributed by atoms with Gasteiger partial charge in [-0.2, -0.15) is 0 Å². The van der Waals surface area contributed by atoms with Crippen LogP contribution in [0.2, 0.25) is 0 Å². The fourth-order valence-corrected chi connectivity index (χ4v) is 1.53. The first-order chi connectivity index (χ1) is 9.60. The van der Waals surface area contributed by atoms with Crippen LogP contribution in [0.4, 0.5) is 19.3 Å². The van der Waals surface area contributed by atoms with Gasteiger partial charge in [0, 0.05) is 12.6 Å². The van der Waals surface area contributed by atoms with E-state index < -0.39 is 29.2 Å². The van der Waals surface area contributed by atoms with Gasteiger partial charge in [0.15, 0.2) is 0 Å². The topological polar surface area (TPSA) is 78.4 Å². The Bertz CT molecular complexity index is 554. The molecule has 0 saturated heterocycles. The third-order valence-corrected chi connectivity index (χ3v) is 2.70. The minimum atomic E-state index is -1.54. The molecule has 0 aliphatic rings. The zero-order valence-corrected chi connectivity index (χ0v) is 12.1. The number of hydrogen-bond donors (Lipinski definition) is 3. The summed E-state index contributed by atoms with van der Waals surface area (Å²) in [4.78, 5) is 22.3. The van der Waals surface area contributed by atoms with Crippen molar-refractivity contribution in [3.63, 3.8) is 0 Å². The van der Waals surface area contributed by atoms with Gasteiger partial charge in [-0.3, -0.25) is 0 Å². The number of carboxylic acid groups (broad SMARTS) is 1. The Kier molecular flexibility index (Phi) is 5.23. The number of nitrogens with one attached hydrogen (secondary N) is 2. The summed E-state index contributed by atoms with van der Waals surface area (Å²) in [6, 6.07) is 0.492. The van der Waals surface area contributed by atoms with E-state index in [4.69, 9.17) is 5.11 Å². The molecule has 0 bridgehead atoms. The van der Waals surface area contributed by atoms with E-state index in [-0.39, 0.29) is 11.1 Å². The molecule has 0 aliphatic carbocycles. The highest BCUT2D eigenvalue weighted by Crippen LogP contribution is 2.20. The zero-order chi connectivity index (χ0) is 16.2. The van der Waals surface area contributed by atoms with Crippen molar-refractivity contribution in [1.82, 2.24) is 5.32 Å². The van der Waals surface area contributed by atoms with Crippen molar-refractivity contribution in [3.05, 3.63) is 29.3 Å². The third kappa shape index (κ3) is 5.37. The summed E-state index contributed by atoms with van der Waals surface area (Å²) in [5.41, 5.74) is -1.06. The number of carboxylic acids is 1. The summed E-state index contributed by atoms with van der Waals surface area (Å²) in [5.74, 6) is -3.77. The lowest BCUT2D eigenvalue weighted by molar-refractivity contribution is 0.0691. The largest absolute Gasteiger partial charge is 0.478 e. The van der Waals surface area contributed by atoms with Crippen molar-refractivity contribution in [2.45, 2.75) is 27.2 Å². The number of anilines is 1. The number of aromatic carboxylic acids is 1. The highest BCUT2D eigenvalue weighted by atomic mass is 19.1. The SMILES string of the molecule is CC(C)(C)CCNC(=O)Nc1cc(C(=O)O)c(F)cc1F. The normalized spacial score (nSPS) is 11.1. The molecule has 1 aromatic carbocycles. The number of urea groups is 1. The minimum Gasteiger partial charge on any atom is -0.478 e. The molecule has 0 fully saturated rings. The Morgan fingerprint density at radius 3 is 2.33 bits per heavy atom. The number of amides is 2. The van der Waals surface area contributed by atoms with Crippen molar-refractivity contribution in [1.29, 1.82) is 0 Å². The number of halogens is 2. The molecular weight excluding hydrogens is 282 g/mol. The maximum atomic E-state index is 13.5. The fraction of sp³-hybridized carbons (Fsp3) is 0.429. The van der Waals surface area contributed by atoms with Crippen LogP contribution in [-0.4, -0.2) is 23.7 Å². The molecule has 7 heteroatoms. The van der Waals surface area contributed by atoms with Crippen molar-refractivity contribution < 1.29 is 23.5 Å². The summed E-state index contributed by atoms with van der Waals surface area (Å²) in [5, 5.41) is 13.4. The van der Waals surface area contributed by atoms with Crippen LogP contribution in [0, 0.1) is 17.0 Å². The monoisotopic (exact) mass is 300 g/mol. The van der Waals surface area contributed by atoms with Gasteiger partial charge in [0.1, 0.15) is 11.6 Å². The molecule has 3 N–H and O–H groups in total. The number of carbonyl (C=O) groups is 2. The maximum absolute atomic E-state index is 13.5. The zero-order valence-electron chi connectivity index (χ0n) is 12.1. The van der Waals surface area contributed by atoms with Crippen LogP contribution in [0.15, 0.2) is 12.1 Å². The molecule has 0 heterocycles. The molecule has 21 heavy (non-hydrogen) atoms. The molecule has 0 atom stereocenters. The number of hydrogen-bond acceptors (Lipinski definition) is 2. The Hall–Kier alpha value is -2.18.